The number of benzene rings is 8. The Balaban J connectivity index is 1.11. The molecule has 0 aliphatic heterocycles. The van der Waals surface area contributed by atoms with Crippen LogP contribution in [0.3, 0.4) is 0 Å². The summed E-state index contributed by atoms with van der Waals surface area (Å²) in [6.45, 7) is 0. The summed E-state index contributed by atoms with van der Waals surface area (Å²) in [6, 6.07) is 55.9. The van der Waals surface area contributed by atoms with E-state index in [0.29, 0.717) is 0 Å². The van der Waals surface area contributed by atoms with Crippen molar-refractivity contribution in [2.45, 2.75) is 5.92 Å². The molecule has 0 saturated heterocycles. The van der Waals surface area contributed by atoms with E-state index in [-0.39, 0.29) is 5.92 Å². The van der Waals surface area contributed by atoms with E-state index in [9.17, 15) is 0 Å². The Morgan fingerprint density at radius 3 is 2.21 bits per heavy atom. The average Bonchev–Trinajstić information content (AvgIpc) is 3.81. The van der Waals surface area contributed by atoms with Gasteiger partial charge < -0.3 is 4.42 Å². The third-order valence-corrected chi connectivity index (χ3v) is 11.6. The predicted molar refractivity (Wildman–Crippen MR) is 200 cm³/mol. The molecule has 2 heterocycles. The van der Waals surface area contributed by atoms with Crippen LogP contribution in [-0.2, 0) is 0 Å². The second-order valence-corrected chi connectivity index (χ2v) is 13.8. The molecular weight excluding hydrogens is 589 g/mol. The molecule has 0 amide bonds. The van der Waals surface area contributed by atoms with Gasteiger partial charge in [-0.15, -0.1) is 11.3 Å². The highest BCUT2D eigenvalue weighted by Gasteiger charge is 2.34. The van der Waals surface area contributed by atoms with Crippen molar-refractivity contribution >= 4 is 75.0 Å². The van der Waals surface area contributed by atoms with E-state index in [4.69, 9.17) is 4.42 Å². The first-order valence-electron chi connectivity index (χ1n) is 16.2. The fourth-order valence-electron chi connectivity index (χ4n) is 8.23. The zero-order valence-electron chi connectivity index (χ0n) is 25.3. The molecule has 0 spiro atoms. The topological polar surface area (TPSA) is 13.1 Å². The molecule has 11 rings (SSSR count). The molecule has 1 aliphatic carbocycles. The van der Waals surface area contributed by atoms with Gasteiger partial charge in [0.25, 0.3) is 0 Å². The largest absolute Gasteiger partial charge is 0.455 e. The fraction of sp³-hybridized carbons (Fsp3) is 0.0222. The Labute approximate surface area is 274 Å². The third-order valence-electron chi connectivity index (χ3n) is 10.3. The van der Waals surface area contributed by atoms with Crippen LogP contribution >= 0.6 is 11.3 Å². The van der Waals surface area contributed by atoms with Crippen LogP contribution in [-0.4, -0.2) is 0 Å². The first-order valence-corrected chi connectivity index (χ1v) is 17.0. The van der Waals surface area contributed by atoms with Crippen LogP contribution in [0.2, 0.25) is 0 Å². The average molecular weight is 615 g/mol. The lowest BCUT2D eigenvalue weighted by Gasteiger charge is -2.17. The zero-order valence-corrected chi connectivity index (χ0v) is 26.1. The number of thiophene rings is 1. The number of fused-ring (bicyclic) bond motifs is 13. The minimum Gasteiger partial charge on any atom is -0.455 e. The van der Waals surface area contributed by atoms with E-state index in [0.717, 1.165) is 11.2 Å². The van der Waals surface area contributed by atoms with Crippen molar-refractivity contribution < 1.29 is 4.42 Å². The van der Waals surface area contributed by atoms with Crippen molar-refractivity contribution in [3.8, 4) is 22.3 Å². The van der Waals surface area contributed by atoms with Gasteiger partial charge in [0, 0.05) is 42.4 Å². The molecule has 218 valence electrons. The quantitative estimate of drug-likeness (QED) is 0.189. The Bertz CT molecular complexity index is 2920. The summed E-state index contributed by atoms with van der Waals surface area (Å²) >= 11 is 1.89. The van der Waals surface area contributed by atoms with Crippen LogP contribution in [0, 0.1) is 0 Å². The second kappa shape index (κ2) is 9.42. The molecule has 0 radical (unpaired) electrons. The van der Waals surface area contributed by atoms with E-state index in [1.165, 1.54) is 91.4 Å². The van der Waals surface area contributed by atoms with E-state index < -0.39 is 0 Å². The van der Waals surface area contributed by atoms with Gasteiger partial charge >= 0.3 is 0 Å². The molecule has 0 fully saturated rings. The molecule has 1 nitrogen and oxygen atoms in total. The van der Waals surface area contributed by atoms with Gasteiger partial charge in [0.15, 0.2) is 0 Å². The number of furan rings is 1. The summed E-state index contributed by atoms with van der Waals surface area (Å²) in [5, 5.41) is 10.1. The molecule has 2 heteroatoms. The van der Waals surface area contributed by atoms with Crippen LogP contribution in [0.4, 0.5) is 0 Å². The highest BCUT2D eigenvalue weighted by molar-refractivity contribution is 7.26. The predicted octanol–water partition coefficient (Wildman–Crippen LogP) is 13.1. The lowest BCUT2D eigenvalue weighted by molar-refractivity contribution is 0.670. The maximum absolute atomic E-state index is 6.62. The highest BCUT2D eigenvalue weighted by atomic mass is 32.1. The third kappa shape index (κ3) is 3.54. The normalized spacial score (nSPS) is 14.2. The number of para-hydroxylation sites is 1. The molecule has 1 atom stereocenters. The molecule has 10 aromatic rings. The minimum atomic E-state index is 0.111. The van der Waals surface area contributed by atoms with Crippen LogP contribution in [0.1, 0.15) is 22.6 Å². The SMILES string of the molecule is c1ccc2c3c(ccc2c1)-c1c(ccc2c1oc1ccccc12)C3c1ccc2cc(-c3cccc4c3sc3ccccc34)ccc2c1. The molecule has 0 N–H and O–H groups in total. The molecule has 1 unspecified atom stereocenters. The number of hydrogen-bond acceptors (Lipinski definition) is 2. The molecule has 1 aliphatic rings. The maximum Gasteiger partial charge on any atom is 0.143 e. The van der Waals surface area contributed by atoms with Gasteiger partial charge in [0.05, 0.1) is 0 Å². The second-order valence-electron chi connectivity index (χ2n) is 12.8. The van der Waals surface area contributed by atoms with Crippen molar-refractivity contribution in [2.75, 3.05) is 0 Å². The van der Waals surface area contributed by atoms with Gasteiger partial charge in [-0.25, -0.2) is 0 Å². The maximum atomic E-state index is 6.62. The van der Waals surface area contributed by atoms with Crippen molar-refractivity contribution in [1.29, 1.82) is 0 Å². The minimum absolute atomic E-state index is 0.111. The standard InChI is InChI=1S/C45H26OS/c1-2-9-31-26(8-1)20-21-38-42(31)41(37-23-22-35-33-10-3-5-14-39(33)46-44(35)43(37)38)30-19-17-27-24-29(18-16-28(27)25-30)32-12-7-13-36-34-11-4-6-15-40(34)47-45(32)36/h1-25,41H. The highest BCUT2D eigenvalue weighted by Crippen LogP contribution is 2.54. The van der Waals surface area contributed by atoms with Crippen LogP contribution < -0.4 is 0 Å². The van der Waals surface area contributed by atoms with Gasteiger partial charge in [-0.1, -0.05) is 133 Å². The summed E-state index contributed by atoms with van der Waals surface area (Å²) in [6.07, 6.45) is 0. The summed E-state index contributed by atoms with van der Waals surface area (Å²) in [5.74, 6) is 0.111. The van der Waals surface area contributed by atoms with Crippen LogP contribution in [0.25, 0.3) is 85.9 Å². The van der Waals surface area contributed by atoms with E-state index >= 15 is 0 Å². The summed E-state index contributed by atoms with van der Waals surface area (Å²) in [5.41, 5.74) is 11.0. The first kappa shape index (κ1) is 25.5. The van der Waals surface area contributed by atoms with Crippen molar-refractivity contribution in [1.82, 2.24) is 0 Å². The molecule has 47 heavy (non-hydrogen) atoms. The van der Waals surface area contributed by atoms with E-state index in [1.54, 1.807) is 0 Å². The van der Waals surface area contributed by atoms with Gasteiger partial charge in [-0.2, -0.15) is 0 Å². The molecule has 8 aromatic carbocycles. The zero-order chi connectivity index (χ0) is 30.6. The fourth-order valence-corrected chi connectivity index (χ4v) is 9.47. The van der Waals surface area contributed by atoms with Crippen LogP contribution in [0.15, 0.2) is 156 Å². The molecule has 0 bridgehead atoms. The van der Waals surface area contributed by atoms with E-state index in [1.807, 2.05) is 11.3 Å². The number of rotatable bonds is 2. The Kier molecular flexibility index (Phi) is 5.11. The van der Waals surface area contributed by atoms with Gasteiger partial charge in [-0.05, 0) is 73.1 Å². The lowest BCUT2D eigenvalue weighted by Crippen LogP contribution is -2.00. The lowest BCUT2D eigenvalue weighted by atomic mass is 9.85. The smallest absolute Gasteiger partial charge is 0.143 e. The molecular formula is C45H26OS. The van der Waals surface area contributed by atoms with E-state index in [2.05, 4.69) is 152 Å². The Hall–Kier alpha value is -5.70. The Morgan fingerprint density at radius 2 is 1.26 bits per heavy atom. The first-order chi connectivity index (χ1) is 23.3. The van der Waals surface area contributed by atoms with Gasteiger partial charge in [0.1, 0.15) is 11.2 Å². The van der Waals surface area contributed by atoms with Crippen molar-refractivity contribution in [3.05, 3.63) is 168 Å². The molecule has 2 aromatic heterocycles. The van der Waals surface area contributed by atoms with Crippen LogP contribution in [0.5, 0.6) is 0 Å². The molecule has 0 saturated carbocycles. The Morgan fingerprint density at radius 1 is 0.489 bits per heavy atom. The van der Waals surface area contributed by atoms with Crippen molar-refractivity contribution in [2.24, 2.45) is 0 Å². The van der Waals surface area contributed by atoms with Gasteiger partial charge in [-0.3, -0.25) is 0 Å². The van der Waals surface area contributed by atoms with Gasteiger partial charge in [0.2, 0.25) is 0 Å². The summed E-state index contributed by atoms with van der Waals surface area (Å²) < 4.78 is 9.32. The summed E-state index contributed by atoms with van der Waals surface area (Å²) in [4.78, 5) is 0. The number of hydrogen-bond donors (Lipinski definition) is 0. The monoisotopic (exact) mass is 614 g/mol. The summed E-state index contributed by atoms with van der Waals surface area (Å²) in [7, 11) is 0. The van der Waals surface area contributed by atoms with Crippen molar-refractivity contribution in [3.63, 3.8) is 0 Å².